The van der Waals surface area contributed by atoms with Crippen LogP contribution < -0.4 is 5.32 Å². The first-order valence-corrected chi connectivity index (χ1v) is 8.90. The van der Waals surface area contributed by atoms with Gasteiger partial charge in [-0.1, -0.05) is 34.8 Å². The quantitative estimate of drug-likeness (QED) is 0.557. The molecule has 1 heterocycles. The number of nitrogens with one attached hydrogen (secondary N) is 1. The lowest BCUT2D eigenvalue weighted by Gasteiger charge is -2.30. The van der Waals surface area contributed by atoms with Gasteiger partial charge >= 0.3 is 0 Å². The standard InChI is InChI=1S/C19H18Cl3N2O/c1-11-17(12-4-6-13(20)7-5-12)24(18(11)19(2,25)23-3)16-9-8-14(21)10-15(16)22/h4-10,23,25H,1-3H3/q+1. The van der Waals surface area contributed by atoms with Gasteiger partial charge in [0.15, 0.2) is 5.72 Å². The summed E-state index contributed by atoms with van der Waals surface area (Å²) in [7, 11) is 1.71. The van der Waals surface area contributed by atoms with Crippen molar-refractivity contribution in [3.8, 4) is 0 Å². The Labute approximate surface area is 162 Å². The maximum atomic E-state index is 10.8. The Morgan fingerprint density at radius 3 is 2.16 bits per heavy atom. The molecule has 130 valence electrons. The molecule has 0 amide bonds. The number of rotatable bonds is 4. The topological polar surface area (TPSA) is 35.3 Å². The van der Waals surface area contributed by atoms with E-state index in [4.69, 9.17) is 34.8 Å². The molecule has 3 nitrogen and oxygen atoms in total. The molecule has 0 saturated carbocycles. The first kappa shape index (κ1) is 18.4. The third-order valence-electron chi connectivity index (χ3n) is 4.37. The molecule has 2 N–H and O–H groups in total. The highest BCUT2D eigenvalue weighted by atomic mass is 35.5. The summed E-state index contributed by atoms with van der Waals surface area (Å²) < 4.78 is 1.95. The predicted molar refractivity (Wildman–Crippen MR) is 105 cm³/mol. The molecule has 0 bridgehead atoms. The van der Waals surface area contributed by atoms with E-state index in [0.29, 0.717) is 15.1 Å². The van der Waals surface area contributed by atoms with Crippen LogP contribution in [0.4, 0.5) is 5.69 Å². The molecule has 0 spiro atoms. The molecule has 1 atom stereocenters. The average molecular weight is 397 g/mol. The van der Waals surface area contributed by atoms with Gasteiger partial charge in [0, 0.05) is 21.7 Å². The fourth-order valence-electron chi connectivity index (χ4n) is 3.06. The second-order valence-corrected chi connectivity index (χ2v) is 7.36. The number of benzene rings is 2. The van der Waals surface area contributed by atoms with E-state index in [2.05, 4.69) is 5.32 Å². The molecule has 6 heteroatoms. The maximum absolute atomic E-state index is 10.8. The van der Waals surface area contributed by atoms with Gasteiger partial charge in [-0.25, -0.2) is 0 Å². The van der Waals surface area contributed by atoms with Crippen LogP contribution >= 0.6 is 34.8 Å². The van der Waals surface area contributed by atoms with Crippen molar-refractivity contribution < 1.29 is 9.68 Å². The predicted octanol–water partition coefficient (Wildman–Crippen LogP) is 5.10. The minimum absolute atomic E-state index is 0.510. The van der Waals surface area contributed by atoms with Gasteiger partial charge in [-0.15, -0.1) is 0 Å². The van der Waals surface area contributed by atoms with E-state index >= 15 is 0 Å². The molecule has 1 aliphatic heterocycles. The Morgan fingerprint density at radius 2 is 1.60 bits per heavy atom. The Hall–Kier alpha value is -1.36. The summed E-state index contributed by atoms with van der Waals surface area (Å²) in [6, 6.07) is 12.9. The van der Waals surface area contributed by atoms with E-state index in [9.17, 15) is 5.11 Å². The summed E-state index contributed by atoms with van der Waals surface area (Å²) in [6.07, 6.45) is 0. The molecule has 2 aromatic rings. The highest BCUT2D eigenvalue weighted by Crippen LogP contribution is 2.41. The molecule has 0 fully saturated rings. The van der Waals surface area contributed by atoms with Gasteiger partial charge in [0.05, 0.1) is 5.57 Å². The van der Waals surface area contributed by atoms with E-state index in [-0.39, 0.29) is 0 Å². The number of hydrogen-bond donors (Lipinski definition) is 2. The maximum Gasteiger partial charge on any atom is 0.244 e. The molecule has 25 heavy (non-hydrogen) atoms. The second-order valence-electron chi connectivity index (χ2n) is 6.08. The van der Waals surface area contributed by atoms with Crippen molar-refractivity contribution in [3.05, 3.63) is 68.7 Å². The van der Waals surface area contributed by atoms with Crippen molar-refractivity contribution in [1.29, 1.82) is 0 Å². The summed E-state index contributed by atoms with van der Waals surface area (Å²) in [4.78, 5) is 0. The van der Waals surface area contributed by atoms with Crippen LogP contribution in [0.2, 0.25) is 15.1 Å². The van der Waals surface area contributed by atoms with Crippen LogP contribution in [-0.2, 0) is 0 Å². The number of nitrogens with zero attached hydrogens (tertiary/aromatic N) is 1. The monoisotopic (exact) mass is 395 g/mol. The number of hydrogen-bond acceptors (Lipinski definition) is 2. The molecule has 0 radical (unpaired) electrons. The zero-order valence-electron chi connectivity index (χ0n) is 14.1. The normalized spacial score (nSPS) is 16.8. The van der Waals surface area contributed by atoms with Gasteiger partial charge in [0.2, 0.25) is 17.1 Å². The van der Waals surface area contributed by atoms with Crippen molar-refractivity contribution >= 4 is 51.9 Å². The van der Waals surface area contributed by atoms with E-state index in [1.54, 1.807) is 26.1 Å². The minimum Gasteiger partial charge on any atom is -0.367 e. The van der Waals surface area contributed by atoms with E-state index in [0.717, 1.165) is 28.2 Å². The van der Waals surface area contributed by atoms with Gasteiger partial charge in [-0.05, 0) is 57.3 Å². The van der Waals surface area contributed by atoms with Crippen molar-refractivity contribution in [3.63, 3.8) is 0 Å². The first-order valence-electron chi connectivity index (χ1n) is 7.77. The molecule has 1 aliphatic rings. The molecular weight excluding hydrogens is 379 g/mol. The summed E-state index contributed by atoms with van der Waals surface area (Å²) in [5, 5.41) is 15.5. The van der Waals surface area contributed by atoms with Crippen molar-refractivity contribution in [2.45, 2.75) is 19.6 Å². The van der Waals surface area contributed by atoms with Crippen LogP contribution in [0.15, 0.2) is 48.0 Å². The first-order chi connectivity index (χ1) is 11.8. The van der Waals surface area contributed by atoms with Crippen LogP contribution in [0.3, 0.4) is 0 Å². The van der Waals surface area contributed by atoms with Crippen LogP contribution in [0.5, 0.6) is 0 Å². The molecule has 3 rings (SSSR count). The van der Waals surface area contributed by atoms with Crippen molar-refractivity contribution in [2.75, 3.05) is 7.05 Å². The SMILES string of the molecule is CNC(C)(O)C1=[N+](c2ccc(Cl)cc2Cl)C(c2ccc(Cl)cc2)=C1C. The smallest absolute Gasteiger partial charge is 0.244 e. The van der Waals surface area contributed by atoms with Crippen LogP contribution in [-0.4, -0.2) is 28.2 Å². The third-order valence-corrected chi connectivity index (χ3v) is 5.16. The van der Waals surface area contributed by atoms with Crippen LogP contribution in [0, 0.1) is 0 Å². The fraction of sp³-hybridized carbons (Fsp3) is 0.211. The lowest BCUT2D eigenvalue weighted by molar-refractivity contribution is -0.353. The largest absolute Gasteiger partial charge is 0.367 e. The number of aliphatic hydroxyl groups is 1. The zero-order valence-corrected chi connectivity index (χ0v) is 16.3. The Kier molecular flexibility index (Phi) is 4.97. The Bertz CT molecular complexity index is 899. The Morgan fingerprint density at radius 1 is 1.00 bits per heavy atom. The zero-order chi connectivity index (χ0) is 18.4. The van der Waals surface area contributed by atoms with Gasteiger partial charge in [0.25, 0.3) is 0 Å². The summed E-state index contributed by atoms with van der Waals surface area (Å²) in [6.45, 7) is 3.69. The van der Waals surface area contributed by atoms with E-state index < -0.39 is 5.72 Å². The molecule has 0 saturated heterocycles. The Balaban J connectivity index is 2.20. The van der Waals surface area contributed by atoms with Gasteiger partial charge in [0.1, 0.15) is 5.02 Å². The molecular formula is C19H18Cl3N2O+. The van der Waals surface area contributed by atoms with Crippen LogP contribution in [0.1, 0.15) is 19.4 Å². The second kappa shape index (κ2) is 6.75. The van der Waals surface area contributed by atoms with Gasteiger partial charge < -0.3 is 5.11 Å². The van der Waals surface area contributed by atoms with Crippen LogP contribution in [0.25, 0.3) is 5.70 Å². The van der Waals surface area contributed by atoms with E-state index in [1.165, 1.54) is 0 Å². The van der Waals surface area contributed by atoms with E-state index in [1.807, 2.05) is 41.8 Å². The average Bonchev–Trinajstić information content (AvgIpc) is 2.55. The van der Waals surface area contributed by atoms with Crippen molar-refractivity contribution in [1.82, 2.24) is 5.32 Å². The lowest BCUT2D eigenvalue weighted by atomic mass is 9.89. The molecule has 1 unspecified atom stereocenters. The third kappa shape index (κ3) is 3.23. The minimum atomic E-state index is -1.21. The van der Waals surface area contributed by atoms with Crippen molar-refractivity contribution in [2.24, 2.45) is 0 Å². The lowest BCUT2D eigenvalue weighted by Crippen LogP contribution is -2.54. The fourth-order valence-corrected chi connectivity index (χ4v) is 3.68. The van der Waals surface area contributed by atoms with Gasteiger partial charge in [-0.2, -0.15) is 4.58 Å². The van der Waals surface area contributed by atoms with Gasteiger partial charge in [-0.3, -0.25) is 5.32 Å². The summed E-state index contributed by atoms with van der Waals surface area (Å²) in [5.74, 6) is 0. The summed E-state index contributed by atoms with van der Waals surface area (Å²) in [5.41, 5.74) is 3.22. The summed E-state index contributed by atoms with van der Waals surface area (Å²) >= 11 is 18.5. The molecule has 2 aromatic carbocycles. The molecule has 0 aliphatic carbocycles. The highest BCUT2D eigenvalue weighted by molar-refractivity contribution is 6.36. The molecule has 0 aromatic heterocycles. The number of halogens is 3. The highest BCUT2D eigenvalue weighted by Gasteiger charge is 2.48.